The summed E-state index contributed by atoms with van der Waals surface area (Å²) in [6.07, 6.45) is 5.78. The highest BCUT2D eigenvalue weighted by atomic mass is 32.2. The summed E-state index contributed by atoms with van der Waals surface area (Å²) in [5.74, 6) is 1.22. The number of hydrogen-bond donors (Lipinski definition) is 1. The Hall–Kier alpha value is -1.27. The first-order valence-corrected chi connectivity index (χ1v) is 9.14. The molecule has 0 spiro atoms. The molecule has 0 bridgehead atoms. The number of rotatable bonds is 6. The molecule has 1 aliphatic rings. The molecule has 0 saturated heterocycles. The largest absolute Gasteiger partial charge is 0.493 e. The number of benzene rings is 1. The number of hydrogen-bond acceptors (Lipinski definition) is 5. The average molecular weight is 313 g/mol. The fourth-order valence-electron chi connectivity index (χ4n) is 2.73. The van der Waals surface area contributed by atoms with Crippen molar-refractivity contribution in [1.82, 2.24) is 0 Å². The van der Waals surface area contributed by atoms with Crippen LogP contribution in [0.1, 0.15) is 36.5 Å². The maximum atomic E-state index is 11.8. The molecule has 0 amide bonds. The maximum absolute atomic E-state index is 11.8. The van der Waals surface area contributed by atoms with Crippen LogP contribution in [-0.4, -0.2) is 34.4 Å². The molecule has 0 aromatic heterocycles. The van der Waals surface area contributed by atoms with Gasteiger partial charge in [-0.15, -0.1) is 0 Å². The Bertz CT molecular complexity index is 579. The third kappa shape index (κ3) is 3.89. The van der Waals surface area contributed by atoms with Gasteiger partial charge in [-0.2, -0.15) is 0 Å². The van der Waals surface area contributed by atoms with E-state index >= 15 is 0 Å². The molecule has 1 fully saturated rings. The molecule has 0 radical (unpaired) electrons. The highest BCUT2D eigenvalue weighted by Crippen LogP contribution is 2.35. The van der Waals surface area contributed by atoms with Gasteiger partial charge in [-0.05, 0) is 43.4 Å². The van der Waals surface area contributed by atoms with Gasteiger partial charge in [-0.25, -0.2) is 8.42 Å². The Labute approximate surface area is 126 Å². The van der Waals surface area contributed by atoms with Crippen LogP contribution in [0.15, 0.2) is 18.2 Å². The Kier molecular flexibility index (Phi) is 5.11. The van der Waals surface area contributed by atoms with E-state index in [0.29, 0.717) is 17.1 Å². The third-order valence-corrected chi connectivity index (χ3v) is 5.38. The van der Waals surface area contributed by atoms with Crippen molar-refractivity contribution in [1.29, 1.82) is 0 Å². The second-order valence-corrected chi connectivity index (χ2v) is 7.72. The Balaban J connectivity index is 2.31. The highest BCUT2D eigenvalue weighted by Gasteiger charge is 2.24. The molecule has 5 nitrogen and oxygen atoms in total. The summed E-state index contributed by atoms with van der Waals surface area (Å²) >= 11 is 0. The first kappa shape index (κ1) is 16.1. The summed E-state index contributed by atoms with van der Waals surface area (Å²) in [5, 5.41) is -0.714. The normalized spacial score (nSPS) is 17.7. The zero-order chi connectivity index (χ0) is 15.5. The molecular weight excluding hydrogens is 290 g/mol. The quantitative estimate of drug-likeness (QED) is 0.869. The van der Waals surface area contributed by atoms with Crippen molar-refractivity contribution >= 4 is 9.84 Å². The van der Waals surface area contributed by atoms with E-state index in [1.54, 1.807) is 25.3 Å². The van der Waals surface area contributed by atoms with Crippen molar-refractivity contribution in [3.8, 4) is 11.5 Å². The minimum absolute atomic E-state index is 0.0496. The Morgan fingerprint density at radius 1 is 1.29 bits per heavy atom. The van der Waals surface area contributed by atoms with Crippen molar-refractivity contribution < 1.29 is 17.9 Å². The number of nitrogens with two attached hydrogens (primary N) is 1. The minimum atomic E-state index is -3.25. The van der Waals surface area contributed by atoms with Gasteiger partial charge in [0.1, 0.15) is 0 Å². The van der Waals surface area contributed by atoms with Crippen molar-refractivity contribution in [3.05, 3.63) is 23.8 Å². The molecule has 2 N–H and O–H groups in total. The van der Waals surface area contributed by atoms with E-state index in [4.69, 9.17) is 15.2 Å². The van der Waals surface area contributed by atoms with Crippen LogP contribution >= 0.6 is 0 Å². The molecule has 6 heteroatoms. The number of sulfone groups is 1. The summed E-state index contributed by atoms with van der Waals surface area (Å²) in [6.45, 7) is 0.0496. The zero-order valence-corrected chi connectivity index (χ0v) is 13.4. The molecule has 0 heterocycles. The molecule has 1 saturated carbocycles. The summed E-state index contributed by atoms with van der Waals surface area (Å²) in [5.41, 5.74) is 6.27. The highest BCUT2D eigenvalue weighted by molar-refractivity contribution is 7.91. The minimum Gasteiger partial charge on any atom is -0.493 e. The van der Waals surface area contributed by atoms with Gasteiger partial charge in [0.05, 0.1) is 18.5 Å². The van der Waals surface area contributed by atoms with Crippen LogP contribution in [0.3, 0.4) is 0 Å². The molecule has 2 rings (SSSR count). The summed E-state index contributed by atoms with van der Waals surface area (Å²) in [4.78, 5) is 0. The van der Waals surface area contributed by atoms with Crippen LogP contribution in [0.5, 0.6) is 11.5 Å². The zero-order valence-electron chi connectivity index (χ0n) is 12.5. The second-order valence-electron chi connectivity index (χ2n) is 5.49. The van der Waals surface area contributed by atoms with Crippen molar-refractivity contribution in [3.63, 3.8) is 0 Å². The van der Waals surface area contributed by atoms with Gasteiger partial charge >= 0.3 is 0 Å². The van der Waals surface area contributed by atoms with Gasteiger partial charge in [0.2, 0.25) is 0 Å². The smallest absolute Gasteiger partial charge is 0.161 e. The Morgan fingerprint density at radius 3 is 2.48 bits per heavy atom. The van der Waals surface area contributed by atoms with E-state index < -0.39 is 15.1 Å². The second kappa shape index (κ2) is 6.66. The predicted molar refractivity (Wildman–Crippen MR) is 82.5 cm³/mol. The SMILES string of the molecule is COc1ccc(C(CN)S(C)(=O)=O)cc1OC1CCCC1. The fourth-order valence-corrected chi connectivity index (χ4v) is 3.72. The standard InChI is InChI=1S/C15H23NO4S/c1-19-13-8-7-11(15(10-16)21(2,17)18)9-14(13)20-12-5-3-4-6-12/h7-9,12,15H,3-6,10,16H2,1-2H3. The van der Waals surface area contributed by atoms with Crippen LogP contribution in [0, 0.1) is 0 Å². The third-order valence-electron chi connectivity index (χ3n) is 3.89. The lowest BCUT2D eigenvalue weighted by Gasteiger charge is -2.19. The maximum Gasteiger partial charge on any atom is 0.161 e. The number of methoxy groups -OCH3 is 1. The molecular formula is C15H23NO4S. The predicted octanol–water partition coefficient (Wildman–Crippen LogP) is 2.06. The summed E-state index contributed by atoms with van der Waals surface area (Å²) < 4.78 is 34.9. The molecule has 1 aromatic carbocycles. The van der Waals surface area contributed by atoms with E-state index in [9.17, 15) is 8.42 Å². The van der Waals surface area contributed by atoms with Crippen molar-refractivity contribution in [2.45, 2.75) is 37.0 Å². The fraction of sp³-hybridized carbons (Fsp3) is 0.600. The molecule has 0 aliphatic heterocycles. The molecule has 1 aromatic rings. The molecule has 21 heavy (non-hydrogen) atoms. The molecule has 118 valence electrons. The molecule has 1 unspecified atom stereocenters. The van der Waals surface area contributed by atoms with Crippen molar-refractivity contribution in [2.24, 2.45) is 5.73 Å². The van der Waals surface area contributed by atoms with E-state index in [1.165, 1.54) is 19.1 Å². The van der Waals surface area contributed by atoms with Gasteiger partial charge in [-0.3, -0.25) is 0 Å². The monoisotopic (exact) mass is 313 g/mol. The van der Waals surface area contributed by atoms with Gasteiger partial charge in [0.15, 0.2) is 21.3 Å². The van der Waals surface area contributed by atoms with E-state index in [-0.39, 0.29) is 12.6 Å². The van der Waals surface area contributed by atoms with Gasteiger partial charge in [-0.1, -0.05) is 6.07 Å². The van der Waals surface area contributed by atoms with Crippen molar-refractivity contribution in [2.75, 3.05) is 19.9 Å². The Morgan fingerprint density at radius 2 is 1.95 bits per heavy atom. The van der Waals surface area contributed by atoms with Crippen LogP contribution in [0.4, 0.5) is 0 Å². The number of ether oxygens (including phenoxy) is 2. The van der Waals surface area contributed by atoms with Crippen LogP contribution in [0.25, 0.3) is 0 Å². The van der Waals surface area contributed by atoms with Crippen LogP contribution < -0.4 is 15.2 Å². The van der Waals surface area contributed by atoms with Crippen LogP contribution in [0.2, 0.25) is 0 Å². The lowest BCUT2D eigenvalue weighted by molar-refractivity contribution is 0.200. The average Bonchev–Trinajstić information content (AvgIpc) is 2.91. The van der Waals surface area contributed by atoms with Crippen LogP contribution in [-0.2, 0) is 9.84 Å². The first-order chi connectivity index (χ1) is 9.95. The van der Waals surface area contributed by atoms with Gasteiger partial charge in [0.25, 0.3) is 0 Å². The van der Waals surface area contributed by atoms with E-state index in [0.717, 1.165) is 12.8 Å². The topological polar surface area (TPSA) is 78.6 Å². The molecule has 1 aliphatic carbocycles. The lowest BCUT2D eigenvalue weighted by atomic mass is 10.1. The lowest BCUT2D eigenvalue weighted by Crippen LogP contribution is -2.21. The summed E-state index contributed by atoms with van der Waals surface area (Å²) in [7, 11) is -1.68. The van der Waals surface area contributed by atoms with E-state index in [2.05, 4.69) is 0 Å². The first-order valence-electron chi connectivity index (χ1n) is 7.19. The van der Waals surface area contributed by atoms with Gasteiger partial charge < -0.3 is 15.2 Å². The summed E-state index contributed by atoms with van der Waals surface area (Å²) in [6, 6.07) is 5.22. The van der Waals surface area contributed by atoms with Gasteiger partial charge in [0, 0.05) is 12.8 Å². The van der Waals surface area contributed by atoms with E-state index in [1.807, 2.05) is 0 Å². The molecule has 1 atom stereocenters.